The number of ether oxygens (including phenoxy) is 2. The lowest BCUT2D eigenvalue weighted by atomic mass is 9.91. The third kappa shape index (κ3) is 6.43. The van der Waals surface area contributed by atoms with Gasteiger partial charge in [-0.05, 0) is 68.8 Å². The Morgan fingerprint density at radius 2 is 1.87 bits per heavy atom. The molecule has 0 N–H and O–H groups in total. The topological polar surface area (TPSA) is 28.2 Å². The van der Waals surface area contributed by atoms with Crippen LogP contribution in [0.2, 0.25) is 0 Å². The Labute approximate surface area is 183 Å². The minimum atomic E-state index is 0.722. The predicted molar refractivity (Wildman–Crippen MR) is 122 cm³/mol. The molecule has 1 aromatic rings. The second-order valence-corrected chi connectivity index (χ2v) is 9.51. The van der Waals surface area contributed by atoms with E-state index in [4.69, 9.17) is 9.47 Å². The van der Waals surface area contributed by atoms with Gasteiger partial charge in [0.05, 0.1) is 13.7 Å². The first-order valence-corrected chi connectivity index (χ1v) is 12.2. The summed E-state index contributed by atoms with van der Waals surface area (Å²) in [5.41, 5.74) is 1.36. The summed E-state index contributed by atoms with van der Waals surface area (Å²) in [5.74, 6) is 1.68. The van der Waals surface area contributed by atoms with Crippen LogP contribution in [0.4, 0.5) is 0 Å². The van der Waals surface area contributed by atoms with Crippen LogP contribution in [-0.2, 0) is 11.3 Å². The normalized spacial score (nSPS) is 26.4. The molecule has 0 radical (unpaired) electrons. The zero-order valence-electron chi connectivity index (χ0n) is 18.9. The highest BCUT2D eigenvalue weighted by atomic mass is 16.5. The van der Waals surface area contributed by atoms with Crippen molar-refractivity contribution in [1.82, 2.24) is 14.7 Å². The number of fused-ring (bicyclic) bond motifs is 1. The molecule has 1 aromatic carbocycles. The van der Waals surface area contributed by atoms with Crippen molar-refractivity contribution in [3.05, 3.63) is 29.8 Å². The third-order valence-corrected chi connectivity index (χ3v) is 7.20. The van der Waals surface area contributed by atoms with E-state index in [0.29, 0.717) is 0 Å². The number of rotatable bonds is 9. The van der Waals surface area contributed by atoms with Crippen LogP contribution in [0.15, 0.2) is 24.3 Å². The summed E-state index contributed by atoms with van der Waals surface area (Å²) >= 11 is 0. The third-order valence-electron chi connectivity index (χ3n) is 7.20. The molecule has 5 nitrogen and oxygen atoms in total. The van der Waals surface area contributed by atoms with Gasteiger partial charge in [-0.25, -0.2) is 0 Å². The maximum Gasteiger partial charge on any atom is 0.119 e. The van der Waals surface area contributed by atoms with Gasteiger partial charge in [0.1, 0.15) is 5.75 Å². The van der Waals surface area contributed by atoms with Gasteiger partial charge < -0.3 is 14.4 Å². The molecule has 0 aliphatic carbocycles. The van der Waals surface area contributed by atoms with Crippen LogP contribution in [0, 0.1) is 5.92 Å². The molecule has 3 fully saturated rings. The van der Waals surface area contributed by atoms with Crippen molar-refractivity contribution >= 4 is 0 Å². The highest BCUT2D eigenvalue weighted by Crippen LogP contribution is 2.26. The summed E-state index contributed by atoms with van der Waals surface area (Å²) in [5, 5.41) is 0. The van der Waals surface area contributed by atoms with E-state index in [0.717, 1.165) is 44.0 Å². The SMILES string of the molecule is COc1cccc(CN2CCN3C[C@H](COCCCN4CCCCC4)CC[C@@H]3C2)c1. The largest absolute Gasteiger partial charge is 0.497 e. The van der Waals surface area contributed by atoms with Crippen LogP contribution in [0.3, 0.4) is 0 Å². The summed E-state index contributed by atoms with van der Waals surface area (Å²) < 4.78 is 11.5. The van der Waals surface area contributed by atoms with E-state index >= 15 is 0 Å². The van der Waals surface area contributed by atoms with Crippen molar-refractivity contribution < 1.29 is 9.47 Å². The maximum atomic E-state index is 6.09. The minimum absolute atomic E-state index is 0.722. The summed E-state index contributed by atoms with van der Waals surface area (Å²) in [4.78, 5) is 7.96. The molecule has 3 aliphatic rings. The van der Waals surface area contributed by atoms with Crippen molar-refractivity contribution in [3.63, 3.8) is 0 Å². The molecule has 0 saturated carbocycles. The summed E-state index contributed by atoms with van der Waals surface area (Å²) in [6, 6.07) is 9.24. The number of piperazine rings is 1. The van der Waals surface area contributed by atoms with E-state index in [2.05, 4.69) is 32.9 Å². The van der Waals surface area contributed by atoms with Gasteiger partial charge in [0.2, 0.25) is 0 Å². The number of hydrogen-bond acceptors (Lipinski definition) is 5. The lowest BCUT2D eigenvalue weighted by molar-refractivity contribution is -0.00317. The Morgan fingerprint density at radius 3 is 2.73 bits per heavy atom. The van der Waals surface area contributed by atoms with Gasteiger partial charge in [0.15, 0.2) is 0 Å². The number of likely N-dealkylation sites (tertiary alicyclic amines) is 1. The second kappa shape index (κ2) is 11.5. The number of piperidine rings is 2. The van der Waals surface area contributed by atoms with Gasteiger partial charge in [-0.15, -0.1) is 0 Å². The van der Waals surface area contributed by atoms with Crippen molar-refractivity contribution in [3.8, 4) is 5.75 Å². The average molecular weight is 416 g/mol. The van der Waals surface area contributed by atoms with Gasteiger partial charge in [0.25, 0.3) is 0 Å². The Balaban J connectivity index is 1.12. The van der Waals surface area contributed by atoms with E-state index in [9.17, 15) is 0 Å². The molecule has 3 heterocycles. The fourth-order valence-electron chi connectivity index (χ4n) is 5.45. The highest BCUT2D eigenvalue weighted by Gasteiger charge is 2.32. The number of nitrogens with zero attached hydrogens (tertiary/aromatic N) is 3. The molecule has 0 aromatic heterocycles. The van der Waals surface area contributed by atoms with E-state index < -0.39 is 0 Å². The summed E-state index contributed by atoms with van der Waals surface area (Å²) in [6.07, 6.45) is 8.02. The van der Waals surface area contributed by atoms with Crippen molar-refractivity contribution in [2.24, 2.45) is 5.92 Å². The van der Waals surface area contributed by atoms with E-state index in [1.807, 2.05) is 6.07 Å². The Morgan fingerprint density at radius 1 is 0.967 bits per heavy atom. The average Bonchev–Trinajstić information content (AvgIpc) is 2.79. The molecule has 168 valence electrons. The molecular formula is C25H41N3O2. The molecule has 5 heteroatoms. The smallest absolute Gasteiger partial charge is 0.119 e. The summed E-state index contributed by atoms with van der Waals surface area (Å²) in [7, 11) is 1.74. The summed E-state index contributed by atoms with van der Waals surface area (Å²) in [6.45, 7) is 11.5. The zero-order valence-corrected chi connectivity index (χ0v) is 18.9. The predicted octanol–water partition coefficient (Wildman–Crippen LogP) is 3.48. The van der Waals surface area contributed by atoms with Crippen LogP contribution in [0.5, 0.6) is 5.75 Å². The molecule has 3 saturated heterocycles. The maximum absolute atomic E-state index is 6.09. The zero-order chi connectivity index (χ0) is 20.6. The molecule has 2 atom stereocenters. The number of benzene rings is 1. The lowest BCUT2D eigenvalue weighted by Crippen LogP contribution is -2.56. The van der Waals surface area contributed by atoms with Gasteiger partial charge >= 0.3 is 0 Å². The Kier molecular flexibility index (Phi) is 8.44. The van der Waals surface area contributed by atoms with Crippen LogP contribution in [-0.4, -0.2) is 86.9 Å². The van der Waals surface area contributed by atoms with Gasteiger partial charge in [-0.1, -0.05) is 18.6 Å². The Bertz CT molecular complexity index is 635. The fraction of sp³-hybridized carbons (Fsp3) is 0.760. The number of hydrogen-bond donors (Lipinski definition) is 0. The molecule has 0 bridgehead atoms. The quantitative estimate of drug-likeness (QED) is 0.576. The van der Waals surface area contributed by atoms with Gasteiger partial charge in [-0.2, -0.15) is 0 Å². The van der Waals surface area contributed by atoms with Crippen LogP contribution < -0.4 is 4.74 Å². The molecule has 0 amide bonds. The lowest BCUT2D eigenvalue weighted by Gasteiger charge is -2.46. The molecule has 0 spiro atoms. The first-order valence-electron chi connectivity index (χ1n) is 12.2. The van der Waals surface area contributed by atoms with Gasteiger partial charge in [0, 0.05) is 51.9 Å². The van der Waals surface area contributed by atoms with Crippen molar-refractivity contribution in [2.45, 2.75) is 51.1 Å². The van der Waals surface area contributed by atoms with E-state index in [1.54, 1.807) is 7.11 Å². The van der Waals surface area contributed by atoms with Crippen molar-refractivity contribution in [2.75, 3.05) is 66.1 Å². The standard InChI is InChI=1S/C25H41N3O2/c1-29-25-8-5-7-22(17-25)18-27-14-15-28-19-23(9-10-24(28)20-27)21-30-16-6-13-26-11-3-2-4-12-26/h5,7-8,17,23-24H,2-4,6,9-16,18-21H2,1H3/t23-,24-/m1/s1. The second-order valence-electron chi connectivity index (χ2n) is 9.51. The minimum Gasteiger partial charge on any atom is -0.497 e. The fourth-order valence-corrected chi connectivity index (χ4v) is 5.45. The monoisotopic (exact) mass is 415 g/mol. The Hall–Kier alpha value is -1.14. The molecular weight excluding hydrogens is 374 g/mol. The first kappa shape index (κ1) is 22.1. The molecule has 4 rings (SSSR count). The van der Waals surface area contributed by atoms with Crippen LogP contribution >= 0.6 is 0 Å². The van der Waals surface area contributed by atoms with Crippen molar-refractivity contribution in [1.29, 1.82) is 0 Å². The van der Waals surface area contributed by atoms with Crippen LogP contribution in [0.1, 0.15) is 44.1 Å². The molecule has 30 heavy (non-hydrogen) atoms. The van der Waals surface area contributed by atoms with Crippen LogP contribution in [0.25, 0.3) is 0 Å². The van der Waals surface area contributed by atoms with E-state index in [1.165, 1.54) is 83.4 Å². The number of methoxy groups -OCH3 is 1. The van der Waals surface area contributed by atoms with E-state index in [-0.39, 0.29) is 0 Å². The molecule has 3 aliphatic heterocycles. The molecule has 0 unspecified atom stereocenters. The first-order chi connectivity index (χ1) is 14.8. The van der Waals surface area contributed by atoms with Gasteiger partial charge in [-0.3, -0.25) is 9.80 Å². The highest BCUT2D eigenvalue weighted by molar-refractivity contribution is 5.28.